The molecule has 0 aliphatic rings. The minimum Gasteiger partial charge on any atom is -0.452 e. The highest BCUT2D eigenvalue weighted by atomic mass is 16.5. The highest BCUT2D eigenvalue weighted by molar-refractivity contribution is 6.02. The molecule has 0 fully saturated rings. The highest BCUT2D eigenvalue weighted by Gasteiger charge is 2.16. The third-order valence-corrected chi connectivity index (χ3v) is 4.64. The van der Waals surface area contributed by atoms with E-state index in [0.29, 0.717) is 11.4 Å². The van der Waals surface area contributed by atoms with Gasteiger partial charge in [0.25, 0.3) is 5.91 Å². The number of nitrogens with one attached hydrogen (secondary N) is 2. The molecule has 0 unspecified atom stereocenters. The monoisotopic (exact) mass is 416 g/mol. The van der Waals surface area contributed by atoms with Gasteiger partial charge in [0.1, 0.15) is 0 Å². The molecule has 3 aromatic rings. The fourth-order valence-corrected chi connectivity index (χ4v) is 3.09. The average molecular weight is 416 g/mol. The molecular formula is C25H24N2O4. The van der Waals surface area contributed by atoms with E-state index in [1.165, 1.54) is 0 Å². The van der Waals surface area contributed by atoms with Gasteiger partial charge in [0.15, 0.2) is 6.61 Å². The lowest BCUT2D eigenvalue weighted by Gasteiger charge is -2.12. The van der Waals surface area contributed by atoms with Crippen LogP contribution in [-0.2, 0) is 27.2 Å². The first-order chi connectivity index (χ1) is 15.1. The number of esters is 1. The minimum atomic E-state index is -0.686. The standard InChI is InChI=1S/C25H24N2O4/c1-2-19-12-6-8-14-21(19)26-24(29)17-31-25(30)20-13-7-9-15-22(20)27-23(28)16-18-10-4-3-5-11-18/h3-15H,2,16-17H2,1H3,(H,26,29)(H,27,28). The summed E-state index contributed by atoms with van der Waals surface area (Å²) in [6.07, 6.45) is 0.954. The lowest BCUT2D eigenvalue weighted by molar-refractivity contribution is -0.119. The number of ether oxygens (including phenoxy) is 1. The van der Waals surface area contributed by atoms with Crippen molar-refractivity contribution in [1.29, 1.82) is 0 Å². The number of amides is 2. The quantitative estimate of drug-likeness (QED) is 0.539. The Morgan fingerprint density at radius 2 is 1.35 bits per heavy atom. The highest BCUT2D eigenvalue weighted by Crippen LogP contribution is 2.18. The van der Waals surface area contributed by atoms with Gasteiger partial charge in [0, 0.05) is 5.69 Å². The van der Waals surface area contributed by atoms with Crippen molar-refractivity contribution >= 4 is 29.2 Å². The van der Waals surface area contributed by atoms with E-state index in [0.717, 1.165) is 17.5 Å². The van der Waals surface area contributed by atoms with Gasteiger partial charge >= 0.3 is 5.97 Å². The van der Waals surface area contributed by atoms with Crippen molar-refractivity contribution in [2.45, 2.75) is 19.8 Å². The lowest BCUT2D eigenvalue weighted by atomic mass is 10.1. The first-order valence-corrected chi connectivity index (χ1v) is 10.0. The van der Waals surface area contributed by atoms with Crippen LogP contribution in [0.25, 0.3) is 0 Å². The van der Waals surface area contributed by atoms with E-state index in [-0.39, 0.29) is 17.9 Å². The topological polar surface area (TPSA) is 84.5 Å². The summed E-state index contributed by atoms with van der Waals surface area (Å²) in [5.74, 6) is -1.37. The second kappa shape index (κ2) is 10.7. The zero-order valence-corrected chi connectivity index (χ0v) is 17.3. The Bertz CT molecular complexity index is 1060. The Morgan fingerprint density at radius 3 is 2.10 bits per heavy atom. The molecule has 2 N–H and O–H groups in total. The van der Waals surface area contributed by atoms with Crippen LogP contribution in [0.4, 0.5) is 11.4 Å². The van der Waals surface area contributed by atoms with Crippen LogP contribution in [0.2, 0.25) is 0 Å². The first-order valence-electron chi connectivity index (χ1n) is 10.0. The maximum Gasteiger partial charge on any atom is 0.340 e. The van der Waals surface area contributed by atoms with Crippen molar-refractivity contribution in [3.63, 3.8) is 0 Å². The zero-order chi connectivity index (χ0) is 22.1. The summed E-state index contributed by atoms with van der Waals surface area (Å²) in [7, 11) is 0. The number of aryl methyl sites for hydroxylation is 1. The van der Waals surface area contributed by atoms with Gasteiger partial charge in [-0.3, -0.25) is 9.59 Å². The fraction of sp³-hybridized carbons (Fsp3) is 0.160. The minimum absolute atomic E-state index is 0.184. The Labute approximate surface area is 181 Å². The lowest BCUT2D eigenvalue weighted by Crippen LogP contribution is -2.22. The molecule has 6 heteroatoms. The fourth-order valence-electron chi connectivity index (χ4n) is 3.09. The van der Waals surface area contributed by atoms with Crippen LogP contribution in [-0.4, -0.2) is 24.4 Å². The van der Waals surface area contributed by atoms with Gasteiger partial charge in [-0.15, -0.1) is 0 Å². The van der Waals surface area contributed by atoms with Gasteiger partial charge in [0.2, 0.25) is 5.91 Å². The van der Waals surface area contributed by atoms with Crippen molar-refractivity contribution in [2.75, 3.05) is 17.2 Å². The van der Waals surface area contributed by atoms with Crippen LogP contribution in [0, 0.1) is 0 Å². The summed E-state index contributed by atoms with van der Waals surface area (Å²) in [5, 5.41) is 5.50. The zero-order valence-electron chi connectivity index (χ0n) is 17.3. The van der Waals surface area contributed by atoms with Gasteiger partial charge in [-0.1, -0.05) is 67.6 Å². The molecule has 0 saturated carbocycles. The van der Waals surface area contributed by atoms with Crippen molar-refractivity contribution in [3.05, 3.63) is 95.6 Å². The summed E-state index contributed by atoms with van der Waals surface area (Å²) in [6.45, 7) is 1.57. The summed E-state index contributed by atoms with van der Waals surface area (Å²) in [4.78, 5) is 37.1. The van der Waals surface area contributed by atoms with Crippen LogP contribution in [0.3, 0.4) is 0 Å². The Morgan fingerprint density at radius 1 is 0.742 bits per heavy atom. The maximum absolute atomic E-state index is 12.5. The molecule has 3 aromatic carbocycles. The van der Waals surface area contributed by atoms with E-state index in [1.54, 1.807) is 30.3 Å². The van der Waals surface area contributed by atoms with Crippen molar-refractivity contribution in [1.82, 2.24) is 0 Å². The number of anilines is 2. The molecule has 158 valence electrons. The summed E-state index contributed by atoms with van der Waals surface area (Å²) in [5.41, 5.74) is 3.08. The molecular weight excluding hydrogens is 392 g/mol. The van der Waals surface area contributed by atoms with Gasteiger partial charge in [-0.2, -0.15) is 0 Å². The third-order valence-electron chi connectivity index (χ3n) is 4.64. The number of carbonyl (C=O) groups is 3. The van der Waals surface area contributed by atoms with Crippen molar-refractivity contribution < 1.29 is 19.1 Å². The number of hydrogen-bond donors (Lipinski definition) is 2. The first kappa shape index (κ1) is 21.8. The predicted molar refractivity (Wildman–Crippen MR) is 120 cm³/mol. The number of carbonyl (C=O) groups excluding carboxylic acids is 3. The summed E-state index contributed by atoms with van der Waals surface area (Å²) >= 11 is 0. The Kier molecular flexibility index (Phi) is 7.54. The van der Waals surface area contributed by atoms with Crippen LogP contribution >= 0.6 is 0 Å². The number of hydrogen-bond acceptors (Lipinski definition) is 4. The summed E-state index contributed by atoms with van der Waals surface area (Å²) < 4.78 is 5.17. The molecule has 0 aromatic heterocycles. The van der Waals surface area contributed by atoms with Gasteiger partial charge < -0.3 is 15.4 Å². The number of para-hydroxylation sites is 2. The molecule has 0 radical (unpaired) electrons. The van der Waals surface area contributed by atoms with Crippen LogP contribution in [0.15, 0.2) is 78.9 Å². The van der Waals surface area contributed by atoms with E-state index in [4.69, 9.17) is 4.74 Å². The molecule has 0 aliphatic carbocycles. The van der Waals surface area contributed by atoms with E-state index < -0.39 is 18.5 Å². The van der Waals surface area contributed by atoms with Gasteiger partial charge in [0.05, 0.1) is 17.7 Å². The maximum atomic E-state index is 12.5. The molecule has 2 amide bonds. The second-order valence-electron chi connectivity index (χ2n) is 6.89. The molecule has 0 heterocycles. The molecule has 0 aliphatic heterocycles. The average Bonchev–Trinajstić information content (AvgIpc) is 2.79. The molecule has 0 bridgehead atoms. The van der Waals surface area contributed by atoms with Crippen LogP contribution in [0.1, 0.15) is 28.4 Å². The molecule has 3 rings (SSSR count). The van der Waals surface area contributed by atoms with Gasteiger partial charge in [-0.05, 0) is 35.7 Å². The largest absolute Gasteiger partial charge is 0.452 e. The molecule has 0 atom stereocenters. The normalized spacial score (nSPS) is 10.2. The van der Waals surface area contributed by atoms with E-state index in [2.05, 4.69) is 10.6 Å². The smallest absolute Gasteiger partial charge is 0.340 e. The van der Waals surface area contributed by atoms with E-state index >= 15 is 0 Å². The number of rotatable bonds is 8. The Balaban J connectivity index is 1.59. The van der Waals surface area contributed by atoms with Crippen molar-refractivity contribution in [3.8, 4) is 0 Å². The SMILES string of the molecule is CCc1ccccc1NC(=O)COC(=O)c1ccccc1NC(=O)Cc1ccccc1. The van der Waals surface area contributed by atoms with Gasteiger partial charge in [-0.25, -0.2) is 4.79 Å². The predicted octanol–water partition coefficient (Wildman–Crippen LogP) is 4.23. The molecule has 6 nitrogen and oxygen atoms in total. The molecule has 0 spiro atoms. The van der Waals surface area contributed by atoms with E-state index in [9.17, 15) is 14.4 Å². The molecule has 31 heavy (non-hydrogen) atoms. The Hall–Kier alpha value is -3.93. The summed E-state index contributed by atoms with van der Waals surface area (Å²) in [6, 6.07) is 23.3. The van der Waals surface area contributed by atoms with E-state index in [1.807, 2.05) is 55.5 Å². The second-order valence-corrected chi connectivity index (χ2v) is 6.89. The van der Waals surface area contributed by atoms with Crippen molar-refractivity contribution in [2.24, 2.45) is 0 Å². The molecule has 0 saturated heterocycles. The third kappa shape index (κ3) is 6.27. The number of benzene rings is 3. The van der Waals surface area contributed by atoms with Crippen LogP contribution < -0.4 is 10.6 Å². The van der Waals surface area contributed by atoms with Crippen LogP contribution in [0.5, 0.6) is 0 Å².